The topological polar surface area (TPSA) is 43.4 Å². The van der Waals surface area contributed by atoms with Gasteiger partial charge in [-0.05, 0) is 40.5 Å². The van der Waals surface area contributed by atoms with Crippen LogP contribution >= 0.6 is 11.6 Å². The minimum absolute atomic E-state index is 0.158. The van der Waals surface area contributed by atoms with E-state index in [1.54, 1.807) is 20.8 Å². The molecular weight excluding hydrogens is 216 g/mol. The minimum Gasteiger partial charge on any atom is -0.459 e. The van der Waals surface area contributed by atoms with Crippen LogP contribution in [0.4, 0.5) is 0 Å². The Morgan fingerprint density at radius 1 is 1.33 bits per heavy atom. The smallest absolute Gasteiger partial charge is 0.316 e. The van der Waals surface area contributed by atoms with Gasteiger partial charge in [0, 0.05) is 5.88 Å². The molecule has 0 amide bonds. The van der Waals surface area contributed by atoms with Crippen molar-refractivity contribution < 1.29 is 14.3 Å². The number of hydrogen-bond donors (Lipinski definition) is 0. The second kappa shape index (κ2) is 6.11. The van der Waals surface area contributed by atoms with Crippen LogP contribution in [0.25, 0.3) is 0 Å². The Balaban J connectivity index is 4.36. The monoisotopic (exact) mass is 234 g/mol. The molecule has 0 aromatic carbocycles. The molecule has 0 aromatic heterocycles. The van der Waals surface area contributed by atoms with Crippen molar-refractivity contribution in [1.29, 1.82) is 0 Å². The van der Waals surface area contributed by atoms with Crippen LogP contribution in [-0.2, 0) is 14.3 Å². The maximum atomic E-state index is 11.6. The summed E-state index contributed by atoms with van der Waals surface area (Å²) in [7, 11) is 0. The first kappa shape index (κ1) is 14.4. The average molecular weight is 235 g/mol. The first-order chi connectivity index (χ1) is 6.78. The maximum absolute atomic E-state index is 11.6. The van der Waals surface area contributed by atoms with Gasteiger partial charge in [0.25, 0.3) is 0 Å². The molecule has 0 aliphatic carbocycles. The SMILES string of the molecule is CC(=O)C(CCCCl)C(=O)OC(C)(C)C. The van der Waals surface area contributed by atoms with Crippen LogP contribution in [0.2, 0.25) is 0 Å². The molecule has 0 rings (SSSR count). The predicted octanol–water partition coefficient (Wildman–Crippen LogP) is 2.55. The van der Waals surface area contributed by atoms with Crippen molar-refractivity contribution in [3.63, 3.8) is 0 Å². The number of carbonyl (C=O) groups excluding carboxylic acids is 2. The molecule has 0 radical (unpaired) electrons. The van der Waals surface area contributed by atoms with E-state index in [2.05, 4.69) is 0 Å². The van der Waals surface area contributed by atoms with Gasteiger partial charge in [-0.3, -0.25) is 9.59 Å². The lowest BCUT2D eigenvalue weighted by Gasteiger charge is -2.22. The van der Waals surface area contributed by atoms with Crippen LogP contribution in [0.15, 0.2) is 0 Å². The molecule has 0 bridgehead atoms. The van der Waals surface area contributed by atoms with Crippen molar-refractivity contribution in [2.45, 2.75) is 46.1 Å². The molecule has 0 spiro atoms. The van der Waals surface area contributed by atoms with Crippen molar-refractivity contribution in [3.05, 3.63) is 0 Å². The van der Waals surface area contributed by atoms with Crippen molar-refractivity contribution in [2.75, 3.05) is 5.88 Å². The lowest BCUT2D eigenvalue weighted by atomic mass is 9.99. The molecule has 0 N–H and O–H groups in total. The summed E-state index contributed by atoms with van der Waals surface area (Å²) in [6, 6.07) is 0. The minimum atomic E-state index is -0.664. The van der Waals surface area contributed by atoms with E-state index in [1.165, 1.54) is 6.92 Å². The van der Waals surface area contributed by atoms with Crippen LogP contribution in [0.5, 0.6) is 0 Å². The van der Waals surface area contributed by atoms with Gasteiger partial charge in [0.15, 0.2) is 0 Å². The van der Waals surface area contributed by atoms with Crippen molar-refractivity contribution >= 4 is 23.4 Å². The van der Waals surface area contributed by atoms with E-state index in [-0.39, 0.29) is 5.78 Å². The Labute approximate surface area is 96.1 Å². The predicted molar refractivity (Wildman–Crippen MR) is 60.0 cm³/mol. The summed E-state index contributed by atoms with van der Waals surface area (Å²) in [5.74, 6) is -0.815. The molecule has 0 saturated heterocycles. The zero-order valence-corrected chi connectivity index (χ0v) is 10.6. The fourth-order valence-electron chi connectivity index (χ4n) is 1.14. The number of ether oxygens (including phenoxy) is 1. The molecule has 1 atom stereocenters. The Morgan fingerprint density at radius 3 is 2.20 bits per heavy atom. The summed E-state index contributed by atoms with van der Waals surface area (Å²) in [5, 5.41) is 0. The normalized spacial score (nSPS) is 13.4. The number of Topliss-reactive ketones (excluding diaryl/α,β-unsaturated/α-hetero) is 1. The summed E-state index contributed by atoms with van der Waals surface area (Å²) >= 11 is 5.52. The van der Waals surface area contributed by atoms with Gasteiger partial charge in [-0.25, -0.2) is 0 Å². The van der Waals surface area contributed by atoms with Crippen molar-refractivity contribution in [1.82, 2.24) is 0 Å². The molecule has 88 valence electrons. The third-order valence-corrected chi connectivity index (χ3v) is 2.08. The van der Waals surface area contributed by atoms with E-state index in [1.807, 2.05) is 0 Å². The van der Waals surface area contributed by atoms with Crippen molar-refractivity contribution in [3.8, 4) is 0 Å². The summed E-state index contributed by atoms with van der Waals surface area (Å²) in [4.78, 5) is 22.9. The van der Waals surface area contributed by atoms with Gasteiger partial charge in [-0.1, -0.05) is 0 Å². The van der Waals surface area contributed by atoms with Crippen molar-refractivity contribution in [2.24, 2.45) is 5.92 Å². The van der Waals surface area contributed by atoms with Crippen LogP contribution in [0.3, 0.4) is 0 Å². The molecule has 1 unspecified atom stereocenters. The first-order valence-electron chi connectivity index (χ1n) is 5.07. The lowest BCUT2D eigenvalue weighted by molar-refractivity contribution is -0.162. The Kier molecular flexibility index (Phi) is 5.88. The Bertz CT molecular complexity index is 230. The Hall–Kier alpha value is -0.570. The number of hydrogen-bond acceptors (Lipinski definition) is 3. The number of esters is 1. The van der Waals surface area contributed by atoms with Gasteiger partial charge in [0.1, 0.15) is 17.3 Å². The maximum Gasteiger partial charge on any atom is 0.316 e. The highest BCUT2D eigenvalue weighted by Gasteiger charge is 2.27. The van der Waals surface area contributed by atoms with Gasteiger partial charge in [-0.2, -0.15) is 0 Å². The zero-order valence-electron chi connectivity index (χ0n) is 9.80. The van der Waals surface area contributed by atoms with E-state index in [0.29, 0.717) is 18.7 Å². The molecule has 0 fully saturated rings. The fraction of sp³-hybridized carbons (Fsp3) is 0.818. The summed E-state index contributed by atoms with van der Waals surface area (Å²) in [6.07, 6.45) is 1.11. The molecule has 3 nitrogen and oxygen atoms in total. The van der Waals surface area contributed by atoms with Crippen LogP contribution < -0.4 is 0 Å². The highest BCUT2D eigenvalue weighted by atomic mass is 35.5. The molecular formula is C11H19ClO3. The van der Waals surface area contributed by atoms with Crippen LogP contribution in [0.1, 0.15) is 40.5 Å². The number of ketones is 1. The van der Waals surface area contributed by atoms with E-state index >= 15 is 0 Å². The molecule has 0 heterocycles. The Morgan fingerprint density at radius 2 is 1.87 bits per heavy atom. The number of alkyl halides is 1. The lowest BCUT2D eigenvalue weighted by Crippen LogP contribution is -2.32. The first-order valence-corrected chi connectivity index (χ1v) is 5.60. The van der Waals surface area contributed by atoms with E-state index in [9.17, 15) is 9.59 Å². The third-order valence-electron chi connectivity index (χ3n) is 1.81. The van der Waals surface area contributed by atoms with E-state index in [4.69, 9.17) is 16.3 Å². The highest BCUT2D eigenvalue weighted by molar-refractivity contribution is 6.17. The van der Waals surface area contributed by atoms with E-state index < -0.39 is 17.5 Å². The zero-order chi connectivity index (χ0) is 12.1. The van der Waals surface area contributed by atoms with Gasteiger partial charge in [0.05, 0.1) is 0 Å². The quantitative estimate of drug-likeness (QED) is 0.417. The summed E-state index contributed by atoms with van der Waals surface area (Å²) < 4.78 is 5.16. The van der Waals surface area contributed by atoms with Crippen LogP contribution in [0, 0.1) is 5.92 Å². The largest absolute Gasteiger partial charge is 0.459 e. The van der Waals surface area contributed by atoms with Crippen LogP contribution in [-0.4, -0.2) is 23.2 Å². The molecule has 4 heteroatoms. The molecule has 0 saturated carbocycles. The van der Waals surface area contributed by atoms with Gasteiger partial charge >= 0.3 is 5.97 Å². The second-order valence-electron chi connectivity index (χ2n) is 4.53. The molecule has 0 aromatic rings. The summed E-state index contributed by atoms with van der Waals surface area (Å²) in [5.41, 5.74) is -0.550. The van der Waals surface area contributed by atoms with Gasteiger partial charge in [0.2, 0.25) is 0 Å². The number of halogens is 1. The van der Waals surface area contributed by atoms with E-state index in [0.717, 1.165) is 0 Å². The molecule has 0 aliphatic heterocycles. The molecule has 15 heavy (non-hydrogen) atoms. The standard InChI is InChI=1S/C11H19ClO3/c1-8(13)9(6-5-7-12)10(14)15-11(2,3)4/h9H,5-7H2,1-4H3. The highest BCUT2D eigenvalue weighted by Crippen LogP contribution is 2.16. The second-order valence-corrected chi connectivity index (χ2v) is 4.91. The summed E-state index contributed by atoms with van der Waals surface area (Å²) in [6.45, 7) is 6.75. The average Bonchev–Trinajstić information content (AvgIpc) is 2.00. The third kappa shape index (κ3) is 6.50. The van der Waals surface area contributed by atoms with Gasteiger partial charge < -0.3 is 4.74 Å². The fourth-order valence-corrected chi connectivity index (χ4v) is 1.30. The number of rotatable bonds is 5. The van der Waals surface area contributed by atoms with Gasteiger partial charge in [-0.15, -0.1) is 11.6 Å². The number of carbonyl (C=O) groups is 2. The molecule has 0 aliphatic rings.